The fourth-order valence-electron chi connectivity index (χ4n) is 3.58. The van der Waals surface area contributed by atoms with Gasteiger partial charge in [0.2, 0.25) is 5.91 Å². The minimum absolute atomic E-state index is 0.0272. The lowest BCUT2D eigenvalue weighted by molar-refractivity contribution is -0.121. The van der Waals surface area contributed by atoms with Gasteiger partial charge in [0.1, 0.15) is 11.6 Å². The molecule has 0 aliphatic carbocycles. The number of anilines is 2. The summed E-state index contributed by atoms with van der Waals surface area (Å²) in [6.07, 6.45) is 1.47. The van der Waals surface area contributed by atoms with Crippen LogP contribution < -0.4 is 20.3 Å². The van der Waals surface area contributed by atoms with Crippen LogP contribution in [-0.4, -0.2) is 31.4 Å². The molecule has 8 heteroatoms. The van der Waals surface area contributed by atoms with Crippen LogP contribution in [0.5, 0.6) is 5.75 Å². The number of hydrogen-bond donors (Lipinski definition) is 2. The van der Waals surface area contributed by atoms with Crippen molar-refractivity contribution in [3.05, 3.63) is 65.1 Å². The van der Waals surface area contributed by atoms with Crippen molar-refractivity contribution < 1.29 is 23.5 Å². The number of fused-ring (bicyclic) bond motifs is 1. The summed E-state index contributed by atoms with van der Waals surface area (Å²) >= 11 is 0. The summed E-state index contributed by atoms with van der Waals surface area (Å²) in [5, 5.41) is 5.44. The molecular weight excluding hydrogens is 389 g/mol. The van der Waals surface area contributed by atoms with Gasteiger partial charge < -0.3 is 20.3 Å². The fourth-order valence-corrected chi connectivity index (χ4v) is 3.58. The zero-order valence-corrected chi connectivity index (χ0v) is 16.5. The first-order valence-corrected chi connectivity index (χ1v) is 9.43. The van der Waals surface area contributed by atoms with Crippen LogP contribution in [0.1, 0.15) is 23.5 Å². The molecule has 2 aromatic rings. The predicted octanol–water partition coefficient (Wildman–Crippen LogP) is 2.62. The van der Waals surface area contributed by atoms with Gasteiger partial charge in [0.05, 0.1) is 5.69 Å². The third-order valence-electron chi connectivity index (χ3n) is 5.33. The molecule has 2 aliphatic heterocycles. The van der Waals surface area contributed by atoms with Crippen molar-refractivity contribution in [3.8, 4) is 5.75 Å². The van der Waals surface area contributed by atoms with Crippen molar-refractivity contribution in [1.29, 1.82) is 0 Å². The van der Waals surface area contributed by atoms with Crippen molar-refractivity contribution in [3.63, 3.8) is 0 Å². The first-order valence-electron chi connectivity index (χ1n) is 9.43. The van der Waals surface area contributed by atoms with E-state index in [0.29, 0.717) is 28.3 Å². The number of halogens is 1. The summed E-state index contributed by atoms with van der Waals surface area (Å²) in [7, 11) is 1.65. The van der Waals surface area contributed by atoms with Gasteiger partial charge in [-0.25, -0.2) is 4.39 Å². The first kappa shape index (κ1) is 19.6. The zero-order valence-electron chi connectivity index (χ0n) is 16.5. The Morgan fingerprint density at radius 2 is 1.97 bits per heavy atom. The van der Waals surface area contributed by atoms with Crippen LogP contribution >= 0.6 is 0 Å². The van der Waals surface area contributed by atoms with E-state index in [-0.39, 0.29) is 30.7 Å². The lowest BCUT2D eigenvalue weighted by Crippen LogP contribution is -2.35. The van der Waals surface area contributed by atoms with Crippen LogP contribution in [-0.2, 0) is 14.4 Å². The summed E-state index contributed by atoms with van der Waals surface area (Å²) in [6.45, 7) is 1.80. The maximum atomic E-state index is 13.3. The Morgan fingerprint density at radius 3 is 2.70 bits per heavy atom. The molecule has 3 amide bonds. The molecule has 0 bridgehead atoms. The van der Waals surface area contributed by atoms with E-state index in [1.807, 2.05) is 6.92 Å². The molecule has 0 spiro atoms. The van der Waals surface area contributed by atoms with E-state index in [1.165, 1.54) is 23.2 Å². The highest BCUT2D eigenvalue weighted by Crippen LogP contribution is 2.37. The van der Waals surface area contributed by atoms with Crippen LogP contribution in [0.2, 0.25) is 0 Å². The van der Waals surface area contributed by atoms with Crippen LogP contribution in [0.15, 0.2) is 48.2 Å². The van der Waals surface area contributed by atoms with E-state index in [0.717, 1.165) is 5.56 Å². The number of carbonyl (C=O) groups excluding carboxylic acids is 3. The quantitative estimate of drug-likeness (QED) is 0.816. The summed E-state index contributed by atoms with van der Waals surface area (Å²) in [5.74, 6) is -1.11. The number of ether oxygens (including phenoxy) is 1. The summed E-state index contributed by atoms with van der Waals surface area (Å²) in [4.78, 5) is 38.4. The Balaban J connectivity index is 1.63. The molecule has 154 valence electrons. The van der Waals surface area contributed by atoms with Crippen molar-refractivity contribution in [2.45, 2.75) is 19.3 Å². The van der Waals surface area contributed by atoms with Gasteiger partial charge in [-0.3, -0.25) is 14.4 Å². The number of aryl methyl sites for hydroxylation is 1. The molecule has 2 heterocycles. The SMILES string of the molecule is Cc1cc2c(cc1NC(=O)C1=CNC(=O)C[C@H]1c1ccc(F)cc1)N(C)C(=O)CO2. The molecule has 0 radical (unpaired) electrons. The minimum atomic E-state index is -0.495. The lowest BCUT2D eigenvalue weighted by atomic mass is 9.86. The van der Waals surface area contributed by atoms with E-state index >= 15 is 0 Å². The number of nitrogens with one attached hydrogen (secondary N) is 2. The smallest absolute Gasteiger partial charge is 0.264 e. The third-order valence-corrected chi connectivity index (χ3v) is 5.33. The average molecular weight is 409 g/mol. The Bertz CT molecular complexity index is 1080. The Morgan fingerprint density at radius 1 is 1.23 bits per heavy atom. The minimum Gasteiger partial charge on any atom is -0.482 e. The standard InChI is InChI=1S/C22H20FN3O4/c1-12-7-19-18(26(2)21(28)11-30-19)9-17(12)25-22(29)16-10-24-20(27)8-15(16)13-3-5-14(23)6-4-13/h3-7,9-10,15H,8,11H2,1-2H3,(H,24,27)(H,25,29)/t15-/m0/s1. The van der Waals surface area contributed by atoms with Gasteiger partial charge in [-0.05, 0) is 42.3 Å². The van der Waals surface area contributed by atoms with E-state index in [9.17, 15) is 18.8 Å². The molecule has 2 aliphatic rings. The number of likely N-dealkylation sites (N-methyl/N-ethyl adjacent to an activating group) is 1. The van der Waals surface area contributed by atoms with Gasteiger partial charge in [0.25, 0.3) is 11.8 Å². The first-order chi connectivity index (χ1) is 14.3. The highest BCUT2D eigenvalue weighted by molar-refractivity contribution is 6.07. The fraction of sp³-hybridized carbons (Fsp3) is 0.227. The Hall–Kier alpha value is -3.68. The number of carbonyl (C=O) groups is 3. The van der Waals surface area contributed by atoms with E-state index in [4.69, 9.17) is 4.74 Å². The number of amides is 3. The zero-order chi connectivity index (χ0) is 21.4. The van der Waals surface area contributed by atoms with Crippen LogP contribution in [0.25, 0.3) is 0 Å². The summed E-state index contributed by atoms with van der Waals surface area (Å²) < 4.78 is 18.8. The number of hydrogen-bond acceptors (Lipinski definition) is 4. The molecule has 0 aromatic heterocycles. The van der Waals surface area contributed by atoms with Gasteiger partial charge in [0.15, 0.2) is 6.61 Å². The van der Waals surface area contributed by atoms with Gasteiger partial charge in [-0.15, -0.1) is 0 Å². The van der Waals surface area contributed by atoms with Crippen molar-refractivity contribution >= 4 is 29.1 Å². The van der Waals surface area contributed by atoms with Gasteiger partial charge in [-0.1, -0.05) is 12.1 Å². The maximum absolute atomic E-state index is 13.3. The molecule has 0 saturated carbocycles. The largest absolute Gasteiger partial charge is 0.482 e. The molecule has 0 unspecified atom stereocenters. The Kier molecular flexibility index (Phi) is 4.99. The van der Waals surface area contributed by atoms with Gasteiger partial charge >= 0.3 is 0 Å². The van der Waals surface area contributed by atoms with E-state index in [2.05, 4.69) is 10.6 Å². The number of rotatable bonds is 3. The molecule has 30 heavy (non-hydrogen) atoms. The monoisotopic (exact) mass is 409 g/mol. The predicted molar refractivity (Wildman–Crippen MR) is 109 cm³/mol. The normalized spacial score (nSPS) is 18.2. The highest BCUT2D eigenvalue weighted by Gasteiger charge is 2.30. The van der Waals surface area contributed by atoms with Crippen molar-refractivity contribution in [2.24, 2.45) is 0 Å². The van der Waals surface area contributed by atoms with Crippen LogP contribution in [0.4, 0.5) is 15.8 Å². The molecule has 0 fully saturated rings. The second kappa shape index (κ2) is 7.62. The van der Waals surface area contributed by atoms with Crippen LogP contribution in [0.3, 0.4) is 0 Å². The number of nitrogens with zero attached hydrogens (tertiary/aromatic N) is 1. The van der Waals surface area contributed by atoms with Gasteiger partial charge in [0, 0.05) is 36.8 Å². The summed E-state index contributed by atoms with van der Waals surface area (Å²) in [6, 6.07) is 9.20. The second-order valence-electron chi connectivity index (χ2n) is 7.31. The van der Waals surface area contributed by atoms with Crippen LogP contribution in [0, 0.1) is 12.7 Å². The average Bonchev–Trinajstić information content (AvgIpc) is 2.72. The topological polar surface area (TPSA) is 87.7 Å². The van der Waals surface area contributed by atoms with E-state index in [1.54, 1.807) is 31.3 Å². The van der Waals surface area contributed by atoms with Crippen molar-refractivity contribution in [1.82, 2.24) is 5.32 Å². The second-order valence-corrected chi connectivity index (χ2v) is 7.31. The molecule has 1 atom stereocenters. The summed E-state index contributed by atoms with van der Waals surface area (Å²) in [5.41, 5.74) is 2.89. The van der Waals surface area contributed by atoms with Crippen molar-refractivity contribution in [2.75, 3.05) is 23.9 Å². The van der Waals surface area contributed by atoms with Gasteiger partial charge in [-0.2, -0.15) is 0 Å². The molecule has 0 saturated heterocycles. The lowest BCUT2D eigenvalue weighted by Gasteiger charge is -2.28. The number of benzene rings is 2. The molecule has 2 N–H and O–H groups in total. The maximum Gasteiger partial charge on any atom is 0.264 e. The highest BCUT2D eigenvalue weighted by atomic mass is 19.1. The third kappa shape index (κ3) is 3.63. The molecule has 2 aromatic carbocycles. The molecule has 7 nitrogen and oxygen atoms in total. The Labute approximate surface area is 172 Å². The molecule has 4 rings (SSSR count). The van der Waals surface area contributed by atoms with E-state index < -0.39 is 11.8 Å². The molecular formula is C22H20FN3O4.